The molecule has 4 rings (SSSR count). The summed E-state index contributed by atoms with van der Waals surface area (Å²) in [4.78, 5) is 16.9. The number of anilines is 1. The SMILES string of the molecule is Cc1cc(/C=N\NC(=O)CN(c2ccccn2)S(=O)(=O)c2ccccc2)c(C)n1-c1ccc(F)cc1. The summed E-state index contributed by atoms with van der Waals surface area (Å²) in [6, 6.07) is 20.7. The van der Waals surface area contributed by atoms with Gasteiger partial charge in [-0.25, -0.2) is 27.5 Å². The van der Waals surface area contributed by atoms with Crippen LogP contribution in [0.2, 0.25) is 0 Å². The summed E-state index contributed by atoms with van der Waals surface area (Å²) < 4.78 is 42.7. The minimum atomic E-state index is -4.04. The predicted molar refractivity (Wildman–Crippen MR) is 136 cm³/mol. The number of carbonyl (C=O) groups is 1. The molecule has 2 aromatic carbocycles. The highest BCUT2D eigenvalue weighted by molar-refractivity contribution is 7.92. The molecule has 36 heavy (non-hydrogen) atoms. The maximum absolute atomic E-state index is 13.3. The highest BCUT2D eigenvalue weighted by atomic mass is 32.2. The fraction of sp³-hybridized carbons (Fsp3) is 0.115. The molecule has 2 aromatic heterocycles. The molecule has 1 N–H and O–H groups in total. The first kappa shape index (κ1) is 24.8. The first-order valence-corrected chi connectivity index (χ1v) is 12.5. The molecule has 0 aliphatic heterocycles. The first-order valence-electron chi connectivity index (χ1n) is 11.0. The van der Waals surface area contributed by atoms with Gasteiger partial charge >= 0.3 is 0 Å². The third kappa shape index (κ3) is 5.33. The summed E-state index contributed by atoms with van der Waals surface area (Å²) in [5.74, 6) is -0.841. The van der Waals surface area contributed by atoms with E-state index in [0.717, 1.165) is 26.9 Å². The topological polar surface area (TPSA) is 96.7 Å². The molecule has 0 saturated carbocycles. The molecule has 0 saturated heterocycles. The molecule has 1 amide bonds. The van der Waals surface area contributed by atoms with Crippen molar-refractivity contribution in [2.24, 2.45) is 5.10 Å². The molecule has 4 aromatic rings. The monoisotopic (exact) mass is 505 g/mol. The standard InChI is InChI=1S/C26H24FN5O3S/c1-19-16-21(20(2)32(19)23-13-11-22(27)12-14-23)17-29-30-26(33)18-31(25-10-6-7-15-28-25)36(34,35)24-8-4-3-5-9-24/h3-17H,18H2,1-2H3,(H,30,33)/b29-17-. The summed E-state index contributed by atoms with van der Waals surface area (Å²) in [5, 5.41) is 4.03. The molecule has 0 aliphatic carbocycles. The highest BCUT2D eigenvalue weighted by Gasteiger charge is 2.27. The lowest BCUT2D eigenvalue weighted by molar-refractivity contribution is -0.119. The van der Waals surface area contributed by atoms with Gasteiger partial charge in [0.1, 0.15) is 18.2 Å². The number of benzene rings is 2. The molecular weight excluding hydrogens is 481 g/mol. The van der Waals surface area contributed by atoms with E-state index >= 15 is 0 Å². The number of carbonyl (C=O) groups excluding carboxylic acids is 1. The zero-order chi connectivity index (χ0) is 25.7. The number of pyridine rings is 1. The van der Waals surface area contributed by atoms with Crippen LogP contribution in [0.25, 0.3) is 5.69 Å². The van der Waals surface area contributed by atoms with E-state index in [2.05, 4.69) is 15.5 Å². The van der Waals surface area contributed by atoms with Gasteiger partial charge < -0.3 is 4.57 Å². The van der Waals surface area contributed by atoms with E-state index < -0.39 is 22.5 Å². The number of aromatic nitrogens is 2. The van der Waals surface area contributed by atoms with Crippen molar-refractivity contribution in [3.05, 3.63) is 108 Å². The van der Waals surface area contributed by atoms with Gasteiger partial charge in [-0.3, -0.25) is 4.79 Å². The molecule has 0 spiro atoms. The smallest absolute Gasteiger partial charge is 0.265 e. The number of halogens is 1. The Bertz CT molecular complexity index is 1490. The summed E-state index contributed by atoms with van der Waals surface area (Å²) >= 11 is 0. The van der Waals surface area contributed by atoms with Crippen LogP contribution >= 0.6 is 0 Å². The Hall–Kier alpha value is -4.31. The average molecular weight is 506 g/mol. The number of hydrogen-bond acceptors (Lipinski definition) is 5. The normalized spacial score (nSPS) is 11.5. The second-order valence-electron chi connectivity index (χ2n) is 7.94. The van der Waals surface area contributed by atoms with E-state index in [9.17, 15) is 17.6 Å². The molecular formula is C26H24FN5O3S. The Morgan fingerprint density at radius 2 is 1.75 bits per heavy atom. The highest BCUT2D eigenvalue weighted by Crippen LogP contribution is 2.22. The fourth-order valence-corrected chi connectivity index (χ4v) is 5.15. The maximum atomic E-state index is 13.3. The van der Waals surface area contributed by atoms with Crippen LogP contribution in [-0.2, 0) is 14.8 Å². The van der Waals surface area contributed by atoms with Crippen LogP contribution in [-0.4, -0.2) is 36.6 Å². The number of hydrogen-bond donors (Lipinski definition) is 1. The third-order valence-electron chi connectivity index (χ3n) is 5.47. The Kier molecular flexibility index (Phi) is 7.25. The van der Waals surface area contributed by atoms with E-state index in [1.165, 1.54) is 42.7 Å². The molecule has 0 bridgehead atoms. The van der Waals surface area contributed by atoms with Gasteiger partial charge in [0.05, 0.1) is 11.1 Å². The largest absolute Gasteiger partial charge is 0.318 e. The number of rotatable bonds is 8. The van der Waals surface area contributed by atoms with Gasteiger partial charge in [-0.2, -0.15) is 5.10 Å². The van der Waals surface area contributed by atoms with Crippen molar-refractivity contribution in [2.75, 3.05) is 10.8 Å². The molecule has 0 radical (unpaired) electrons. The van der Waals surface area contributed by atoms with E-state index in [0.29, 0.717) is 0 Å². The zero-order valence-corrected chi connectivity index (χ0v) is 20.5. The lowest BCUT2D eigenvalue weighted by Crippen LogP contribution is -2.40. The van der Waals surface area contributed by atoms with Crippen molar-refractivity contribution in [1.29, 1.82) is 0 Å². The summed E-state index contributed by atoms with van der Waals surface area (Å²) in [6.07, 6.45) is 2.94. The van der Waals surface area contributed by atoms with E-state index in [1.807, 2.05) is 24.5 Å². The second kappa shape index (κ2) is 10.5. The summed E-state index contributed by atoms with van der Waals surface area (Å²) in [7, 11) is -4.04. The van der Waals surface area contributed by atoms with Crippen LogP contribution in [0, 0.1) is 19.7 Å². The van der Waals surface area contributed by atoms with Crippen molar-refractivity contribution in [3.63, 3.8) is 0 Å². The molecule has 184 valence electrons. The van der Waals surface area contributed by atoms with Crippen LogP contribution < -0.4 is 9.73 Å². The number of aryl methyl sites for hydroxylation is 1. The summed E-state index contributed by atoms with van der Waals surface area (Å²) in [6.45, 7) is 3.28. The van der Waals surface area contributed by atoms with Gasteiger partial charge in [0.25, 0.3) is 15.9 Å². The third-order valence-corrected chi connectivity index (χ3v) is 7.24. The molecule has 0 aliphatic rings. The van der Waals surface area contributed by atoms with Crippen LogP contribution in [0.15, 0.2) is 95.1 Å². The lowest BCUT2D eigenvalue weighted by atomic mass is 10.2. The molecule has 0 fully saturated rings. The van der Waals surface area contributed by atoms with Crippen molar-refractivity contribution in [3.8, 4) is 5.69 Å². The van der Waals surface area contributed by atoms with Gasteiger partial charge in [-0.15, -0.1) is 0 Å². The van der Waals surface area contributed by atoms with Gasteiger partial charge in [0, 0.05) is 28.8 Å². The van der Waals surface area contributed by atoms with Crippen LogP contribution in [0.4, 0.5) is 10.2 Å². The van der Waals surface area contributed by atoms with Gasteiger partial charge in [0.15, 0.2) is 0 Å². The minimum absolute atomic E-state index is 0.0418. The first-order chi connectivity index (χ1) is 17.3. The fourth-order valence-electron chi connectivity index (χ4n) is 3.76. The quantitative estimate of drug-likeness (QED) is 0.289. The number of nitrogens with zero attached hydrogens (tertiary/aromatic N) is 4. The zero-order valence-electron chi connectivity index (χ0n) is 19.7. The van der Waals surface area contributed by atoms with Gasteiger partial charge in [-0.1, -0.05) is 24.3 Å². The number of sulfonamides is 1. The lowest BCUT2D eigenvalue weighted by Gasteiger charge is -2.22. The van der Waals surface area contributed by atoms with E-state index in [4.69, 9.17) is 0 Å². The van der Waals surface area contributed by atoms with E-state index in [-0.39, 0.29) is 16.5 Å². The minimum Gasteiger partial charge on any atom is -0.318 e. The molecule has 2 heterocycles. The van der Waals surface area contributed by atoms with Crippen molar-refractivity contribution in [1.82, 2.24) is 15.0 Å². The van der Waals surface area contributed by atoms with Crippen molar-refractivity contribution in [2.45, 2.75) is 18.7 Å². The average Bonchev–Trinajstić information content (AvgIpc) is 3.16. The number of hydrazone groups is 1. The summed E-state index contributed by atoms with van der Waals surface area (Å²) in [5.41, 5.74) is 5.69. The number of nitrogens with one attached hydrogen (secondary N) is 1. The van der Waals surface area contributed by atoms with Crippen LogP contribution in [0.5, 0.6) is 0 Å². The Balaban J connectivity index is 1.52. The molecule has 0 atom stereocenters. The molecule has 0 unspecified atom stereocenters. The second-order valence-corrected chi connectivity index (χ2v) is 9.81. The maximum Gasteiger partial charge on any atom is 0.265 e. The van der Waals surface area contributed by atoms with Gasteiger partial charge in [0.2, 0.25) is 0 Å². The van der Waals surface area contributed by atoms with Crippen LogP contribution in [0.3, 0.4) is 0 Å². The molecule has 8 nitrogen and oxygen atoms in total. The van der Waals surface area contributed by atoms with Gasteiger partial charge in [-0.05, 0) is 68.4 Å². The molecule has 10 heteroatoms. The Morgan fingerprint density at radius 1 is 1.06 bits per heavy atom. The predicted octanol–water partition coefficient (Wildman–Crippen LogP) is 3.97. The van der Waals surface area contributed by atoms with Crippen LogP contribution in [0.1, 0.15) is 17.0 Å². The van der Waals surface area contributed by atoms with E-state index in [1.54, 1.807) is 42.5 Å². The Labute approximate surface area is 208 Å². The van der Waals surface area contributed by atoms with Crippen molar-refractivity contribution < 1.29 is 17.6 Å². The van der Waals surface area contributed by atoms with Crippen molar-refractivity contribution >= 4 is 28.0 Å². The number of amides is 1. The Morgan fingerprint density at radius 3 is 2.42 bits per heavy atom.